The van der Waals surface area contributed by atoms with Gasteiger partial charge in [-0.05, 0) is 31.0 Å². The van der Waals surface area contributed by atoms with Crippen LogP contribution >= 0.6 is 0 Å². The summed E-state index contributed by atoms with van der Waals surface area (Å²) in [7, 11) is 0. The fraction of sp³-hybridized carbons (Fsp3) is 0.300. The Labute approximate surface area is 175 Å². The van der Waals surface area contributed by atoms with E-state index >= 15 is 0 Å². The van der Waals surface area contributed by atoms with Crippen molar-refractivity contribution in [3.63, 3.8) is 0 Å². The number of hydrogen-bond acceptors (Lipinski definition) is 7. The number of nitrogens with zero attached hydrogens (tertiary/aromatic N) is 3. The molecule has 1 aromatic carbocycles. The number of hydrogen-bond donors (Lipinski definition) is 4. The summed E-state index contributed by atoms with van der Waals surface area (Å²) >= 11 is 0. The number of carbonyl (C=O) groups excluding carboxylic acids is 1. The molecule has 6 N–H and O–H groups in total. The maximum absolute atomic E-state index is 14.4. The van der Waals surface area contributed by atoms with Crippen molar-refractivity contribution >= 4 is 34.1 Å². The Morgan fingerprint density at radius 2 is 2.06 bits per heavy atom. The molecule has 1 aliphatic rings. The first kappa shape index (κ1) is 20.8. The van der Waals surface area contributed by atoms with Gasteiger partial charge in [0.1, 0.15) is 11.3 Å². The molecule has 1 aliphatic carbocycles. The molecule has 2 aromatic heterocycles. The second-order valence-corrected chi connectivity index (χ2v) is 7.40. The summed E-state index contributed by atoms with van der Waals surface area (Å²) in [6.07, 6.45) is 3.16. The van der Waals surface area contributed by atoms with E-state index < -0.39 is 29.7 Å². The molecule has 2 atom stereocenters. The Hall–Kier alpha value is -3.47. The molecule has 162 valence electrons. The van der Waals surface area contributed by atoms with Crippen LogP contribution in [0.5, 0.6) is 0 Å². The Morgan fingerprint density at radius 3 is 2.84 bits per heavy atom. The van der Waals surface area contributed by atoms with Gasteiger partial charge in [0.15, 0.2) is 17.3 Å². The Balaban J connectivity index is 1.65. The minimum atomic E-state index is -2.99. The zero-order chi connectivity index (χ0) is 22.2. The molecule has 0 bridgehead atoms. The van der Waals surface area contributed by atoms with Crippen molar-refractivity contribution in [1.29, 1.82) is 0 Å². The lowest BCUT2D eigenvalue weighted by atomic mass is 9.87. The van der Waals surface area contributed by atoms with Gasteiger partial charge in [0.25, 0.3) is 11.8 Å². The number of carbonyl (C=O) groups is 1. The van der Waals surface area contributed by atoms with Gasteiger partial charge in [-0.3, -0.25) is 9.78 Å². The maximum Gasteiger partial charge on any atom is 0.271 e. The van der Waals surface area contributed by atoms with Crippen LogP contribution in [0.15, 0.2) is 36.7 Å². The molecule has 0 aliphatic heterocycles. The van der Waals surface area contributed by atoms with Crippen LogP contribution in [0.2, 0.25) is 0 Å². The van der Waals surface area contributed by atoms with E-state index in [2.05, 4.69) is 25.6 Å². The first-order chi connectivity index (χ1) is 14.7. The molecule has 0 spiro atoms. The highest BCUT2D eigenvalue weighted by atomic mass is 19.3. The van der Waals surface area contributed by atoms with Gasteiger partial charge < -0.3 is 22.1 Å². The van der Waals surface area contributed by atoms with Gasteiger partial charge in [-0.1, -0.05) is 6.07 Å². The minimum absolute atomic E-state index is 0.0451. The quantitative estimate of drug-likeness (QED) is 0.488. The summed E-state index contributed by atoms with van der Waals surface area (Å²) in [6.45, 7) is 0. The molecular weight excluding hydrogens is 411 g/mol. The normalized spacial score (nSPS) is 20.4. The standard InChI is InChI=1S/C20H20F3N7O/c21-12-8-11(7-10-3-2-6-26-15(10)12)28-19-16(18(25)31)27-9-14(30-19)29-13-4-1-5-20(22,23)17(13)24/h2-3,6-9,13,17H,1,4-5,24H2,(H2,25,31)(H2,28,29,30). The van der Waals surface area contributed by atoms with E-state index in [9.17, 15) is 18.0 Å². The van der Waals surface area contributed by atoms with Crippen LogP contribution in [-0.2, 0) is 0 Å². The number of anilines is 3. The molecule has 1 amide bonds. The second-order valence-electron chi connectivity index (χ2n) is 7.40. The molecular formula is C20H20F3N7O. The topological polar surface area (TPSA) is 132 Å². The third-order valence-corrected chi connectivity index (χ3v) is 5.21. The highest BCUT2D eigenvalue weighted by Gasteiger charge is 2.44. The van der Waals surface area contributed by atoms with Crippen molar-refractivity contribution in [1.82, 2.24) is 15.0 Å². The van der Waals surface area contributed by atoms with E-state index in [-0.39, 0.29) is 35.0 Å². The fourth-order valence-corrected chi connectivity index (χ4v) is 3.63. The van der Waals surface area contributed by atoms with Gasteiger partial charge in [-0.2, -0.15) is 0 Å². The molecule has 2 unspecified atom stereocenters. The third-order valence-electron chi connectivity index (χ3n) is 5.21. The molecule has 11 heteroatoms. The predicted molar refractivity (Wildman–Crippen MR) is 110 cm³/mol. The zero-order valence-electron chi connectivity index (χ0n) is 16.3. The van der Waals surface area contributed by atoms with E-state index in [1.807, 2.05) is 0 Å². The summed E-state index contributed by atoms with van der Waals surface area (Å²) in [5.74, 6) is -4.33. The number of nitrogens with two attached hydrogens (primary N) is 2. The number of primary amides is 1. The van der Waals surface area contributed by atoms with E-state index in [0.717, 1.165) is 0 Å². The average molecular weight is 431 g/mol. The van der Waals surface area contributed by atoms with Crippen LogP contribution in [0.1, 0.15) is 29.8 Å². The minimum Gasteiger partial charge on any atom is -0.364 e. The Morgan fingerprint density at radius 1 is 1.26 bits per heavy atom. The van der Waals surface area contributed by atoms with Crippen molar-refractivity contribution in [2.24, 2.45) is 11.5 Å². The molecule has 1 saturated carbocycles. The number of fused-ring (bicyclic) bond motifs is 1. The van der Waals surface area contributed by atoms with Crippen LogP contribution < -0.4 is 22.1 Å². The van der Waals surface area contributed by atoms with Crippen molar-refractivity contribution in [3.8, 4) is 0 Å². The average Bonchev–Trinajstić information content (AvgIpc) is 2.71. The van der Waals surface area contributed by atoms with E-state index in [4.69, 9.17) is 11.5 Å². The Bertz CT molecular complexity index is 1140. The highest BCUT2D eigenvalue weighted by Crippen LogP contribution is 2.34. The first-order valence-electron chi connectivity index (χ1n) is 9.63. The molecule has 31 heavy (non-hydrogen) atoms. The molecule has 2 heterocycles. The number of alkyl halides is 2. The van der Waals surface area contributed by atoms with Crippen molar-refractivity contribution < 1.29 is 18.0 Å². The molecule has 0 radical (unpaired) electrons. The summed E-state index contributed by atoms with van der Waals surface area (Å²) in [5.41, 5.74) is 11.4. The first-order valence-corrected chi connectivity index (χ1v) is 9.63. The van der Waals surface area contributed by atoms with E-state index in [0.29, 0.717) is 18.2 Å². The maximum atomic E-state index is 14.4. The van der Waals surface area contributed by atoms with E-state index in [1.165, 1.54) is 18.5 Å². The number of aromatic nitrogens is 3. The Kier molecular flexibility index (Phi) is 5.36. The van der Waals surface area contributed by atoms with Crippen molar-refractivity contribution in [3.05, 3.63) is 48.2 Å². The van der Waals surface area contributed by atoms with Crippen LogP contribution in [0.25, 0.3) is 10.9 Å². The van der Waals surface area contributed by atoms with Gasteiger partial charge in [0.2, 0.25) is 0 Å². The number of rotatable bonds is 5. The summed E-state index contributed by atoms with van der Waals surface area (Å²) in [5, 5.41) is 6.23. The summed E-state index contributed by atoms with van der Waals surface area (Å²) < 4.78 is 42.3. The summed E-state index contributed by atoms with van der Waals surface area (Å²) in [4.78, 5) is 24.0. The number of amides is 1. The molecule has 8 nitrogen and oxygen atoms in total. The summed E-state index contributed by atoms with van der Waals surface area (Å²) in [6, 6.07) is 4.04. The number of halogens is 3. The van der Waals surface area contributed by atoms with Gasteiger partial charge in [0.05, 0.1) is 12.2 Å². The van der Waals surface area contributed by atoms with Gasteiger partial charge in [-0.15, -0.1) is 0 Å². The van der Waals surface area contributed by atoms with Crippen LogP contribution in [0.3, 0.4) is 0 Å². The SMILES string of the molecule is NC(=O)c1ncc(NC2CCCC(F)(F)C2N)nc1Nc1cc(F)c2ncccc2c1. The van der Waals surface area contributed by atoms with Crippen LogP contribution in [0, 0.1) is 5.82 Å². The largest absolute Gasteiger partial charge is 0.364 e. The number of nitrogens with one attached hydrogen (secondary N) is 2. The van der Waals surface area contributed by atoms with Crippen molar-refractivity contribution in [2.75, 3.05) is 10.6 Å². The van der Waals surface area contributed by atoms with Gasteiger partial charge >= 0.3 is 0 Å². The zero-order valence-corrected chi connectivity index (χ0v) is 16.3. The van der Waals surface area contributed by atoms with Gasteiger partial charge in [-0.25, -0.2) is 23.1 Å². The number of pyridine rings is 1. The molecule has 0 saturated heterocycles. The van der Waals surface area contributed by atoms with Crippen LogP contribution in [0.4, 0.5) is 30.5 Å². The smallest absolute Gasteiger partial charge is 0.271 e. The lowest BCUT2D eigenvalue weighted by molar-refractivity contribution is -0.0554. The predicted octanol–water partition coefficient (Wildman–Crippen LogP) is 2.93. The molecule has 1 fully saturated rings. The van der Waals surface area contributed by atoms with Gasteiger partial charge in [0, 0.05) is 29.7 Å². The van der Waals surface area contributed by atoms with Crippen LogP contribution in [-0.4, -0.2) is 38.9 Å². The third kappa shape index (κ3) is 4.22. The second kappa shape index (κ2) is 7.99. The van der Waals surface area contributed by atoms with Crippen molar-refractivity contribution in [2.45, 2.75) is 37.3 Å². The number of benzene rings is 1. The lowest BCUT2D eigenvalue weighted by Gasteiger charge is -2.36. The highest BCUT2D eigenvalue weighted by molar-refractivity contribution is 5.96. The lowest BCUT2D eigenvalue weighted by Crippen LogP contribution is -2.55. The fourth-order valence-electron chi connectivity index (χ4n) is 3.63. The van der Waals surface area contributed by atoms with E-state index in [1.54, 1.807) is 18.2 Å². The molecule has 3 aromatic rings. The molecule has 4 rings (SSSR count). The monoisotopic (exact) mass is 431 g/mol.